The lowest BCUT2D eigenvalue weighted by Crippen LogP contribution is -2.43. The first-order valence-electron chi connectivity index (χ1n) is 8.49. The number of nitrogens with zero attached hydrogens (tertiary/aromatic N) is 1. The Labute approximate surface area is 158 Å². The van der Waals surface area contributed by atoms with Crippen LogP contribution in [0.25, 0.3) is 0 Å². The van der Waals surface area contributed by atoms with Gasteiger partial charge in [-0.1, -0.05) is 0 Å². The van der Waals surface area contributed by atoms with Gasteiger partial charge in [0.1, 0.15) is 5.75 Å². The Morgan fingerprint density at radius 3 is 2.69 bits per heavy atom. The van der Waals surface area contributed by atoms with Gasteiger partial charge in [-0.2, -0.15) is 11.3 Å². The van der Waals surface area contributed by atoms with Crippen molar-refractivity contribution in [2.24, 2.45) is 0 Å². The van der Waals surface area contributed by atoms with E-state index in [-0.39, 0.29) is 10.9 Å². The highest BCUT2D eigenvalue weighted by Gasteiger charge is 2.25. The number of rotatable bonds is 7. The predicted molar refractivity (Wildman–Crippen MR) is 102 cm³/mol. The van der Waals surface area contributed by atoms with Crippen LogP contribution in [-0.4, -0.2) is 53.3 Å². The highest BCUT2D eigenvalue weighted by molar-refractivity contribution is 7.89. The molecule has 1 aromatic carbocycles. The summed E-state index contributed by atoms with van der Waals surface area (Å²) in [6, 6.07) is 6.94. The number of aryl methyl sites for hydroxylation is 1. The fraction of sp³-hybridized carbons (Fsp3) is 0.444. The quantitative estimate of drug-likeness (QED) is 0.778. The fourth-order valence-corrected chi connectivity index (χ4v) is 4.93. The van der Waals surface area contributed by atoms with Crippen LogP contribution in [0.15, 0.2) is 39.9 Å². The van der Waals surface area contributed by atoms with E-state index in [1.54, 1.807) is 36.6 Å². The molecule has 0 saturated carbocycles. The maximum atomic E-state index is 12.7. The third-order valence-corrected chi connectivity index (χ3v) is 6.68. The lowest BCUT2D eigenvalue weighted by molar-refractivity contribution is 0.0173. The molecule has 1 aliphatic heterocycles. The van der Waals surface area contributed by atoms with E-state index in [1.165, 1.54) is 0 Å². The third kappa shape index (κ3) is 4.44. The minimum Gasteiger partial charge on any atom is -0.496 e. The van der Waals surface area contributed by atoms with Crippen LogP contribution in [-0.2, 0) is 14.8 Å². The van der Waals surface area contributed by atoms with Gasteiger partial charge in [0.2, 0.25) is 10.0 Å². The molecule has 0 radical (unpaired) electrons. The van der Waals surface area contributed by atoms with E-state index in [0.29, 0.717) is 25.5 Å². The van der Waals surface area contributed by atoms with Gasteiger partial charge in [-0.3, -0.25) is 4.90 Å². The van der Waals surface area contributed by atoms with E-state index in [0.717, 1.165) is 24.2 Å². The van der Waals surface area contributed by atoms with Crippen molar-refractivity contribution < 1.29 is 17.9 Å². The number of ether oxygens (including phenoxy) is 2. The van der Waals surface area contributed by atoms with Crippen LogP contribution in [0.4, 0.5) is 0 Å². The number of hydrogen-bond acceptors (Lipinski definition) is 6. The Morgan fingerprint density at radius 1 is 1.31 bits per heavy atom. The van der Waals surface area contributed by atoms with E-state index in [4.69, 9.17) is 9.47 Å². The molecule has 1 aliphatic rings. The van der Waals surface area contributed by atoms with Gasteiger partial charge in [0.15, 0.2) is 0 Å². The van der Waals surface area contributed by atoms with Gasteiger partial charge in [-0.25, -0.2) is 13.1 Å². The van der Waals surface area contributed by atoms with Gasteiger partial charge in [0.05, 0.1) is 25.2 Å². The number of morpholine rings is 1. The molecule has 0 spiro atoms. The Balaban J connectivity index is 1.76. The summed E-state index contributed by atoms with van der Waals surface area (Å²) in [5.41, 5.74) is 1.92. The van der Waals surface area contributed by atoms with Crippen LogP contribution in [0.1, 0.15) is 17.2 Å². The molecule has 1 aromatic heterocycles. The number of thiophene rings is 1. The lowest BCUT2D eigenvalue weighted by atomic mass is 10.1. The summed E-state index contributed by atoms with van der Waals surface area (Å²) in [5, 5.41) is 4.09. The van der Waals surface area contributed by atoms with Crippen molar-refractivity contribution >= 4 is 21.4 Å². The number of methoxy groups -OCH3 is 1. The minimum atomic E-state index is -3.59. The van der Waals surface area contributed by atoms with E-state index >= 15 is 0 Å². The molecule has 2 aromatic rings. The summed E-state index contributed by atoms with van der Waals surface area (Å²) >= 11 is 1.62. The summed E-state index contributed by atoms with van der Waals surface area (Å²) in [6.07, 6.45) is 0. The Bertz CT molecular complexity index is 816. The minimum absolute atomic E-state index is 0.000676. The van der Waals surface area contributed by atoms with Gasteiger partial charge >= 0.3 is 0 Å². The maximum Gasteiger partial charge on any atom is 0.240 e. The van der Waals surface area contributed by atoms with Crippen molar-refractivity contribution in [3.05, 3.63) is 46.2 Å². The molecule has 1 fully saturated rings. The van der Waals surface area contributed by atoms with Gasteiger partial charge in [0, 0.05) is 25.7 Å². The summed E-state index contributed by atoms with van der Waals surface area (Å²) in [4.78, 5) is 2.52. The molecule has 2 heterocycles. The van der Waals surface area contributed by atoms with Crippen molar-refractivity contribution in [3.8, 4) is 5.75 Å². The van der Waals surface area contributed by atoms with E-state index in [1.807, 2.05) is 12.3 Å². The van der Waals surface area contributed by atoms with Crippen molar-refractivity contribution in [1.82, 2.24) is 9.62 Å². The molecule has 0 amide bonds. The topological polar surface area (TPSA) is 67.9 Å². The maximum absolute atomic E-state index is 12.7. The van der Waals surface area contributed by atoms with Crippen LogP contribution in [0.3, 0.4) is 0 Å². The van der Waals surface area contributed by atoms with Crippen LogP contribution in [0, 0.1) is 6.92 Å². The number of benzene rings is 1. The molecular weight excluding hydrogens is 372 g/mol. The second-order valence-electron chi connectivity index (χ2n) is 6.20. The van der Waals surface area contributed by atoms with Gasteiger partial charge in [0.25, 0.3) is 0 Å². The highest BCUT2D eigenvalue weighted by Crippen LogP contribution is 2.25. The van der Waals surface area contributed by atoms with E-state index < -0.39 is 10.0 Å². The first kappa shape index (κ1) is 19.3. The van der Waals surface area contributed by atoms with Crippen molar-refractivity contribution in [3.63, 3.8) is 0 Å². The molecule has 6 nitrogen and oxygen atoms in total. The lowest BCUT2D eigenvalue weighted by Gasteiger charge is -2.34. The predicted octanol–water partition coefficient (Wildman–Crippen LogP) is 2.42. The zero-order valence-corrected chi connectivity index (χ0v) is 16.6. The Hall–Kier alpha value is -1.45. The smallest absolute Gasteiger partial charge is 0.240 e. The van der Waals surface area contributed by atoms with Crippen LogP contribution >= 0.6 is 11.3 Å². The van der Waals surface area contributed by atoms with Crippen molar-refractivity contribution in [2.45, 2.75) is 17.9 Å². The van der Waals surface area contributed by atoms with Gasteiger partial charge in [-0.05, 0) is 53.1 Å². The molecule has 1 saturated heterocycles. The van der Waals surface area contributed by atoms with Crippen LogP contribution in [0.2, 0.25) is 0 Å². The average molecular weight is 397 g/mol. The fourth-order valence-electron chi connectivity index (χ4n) is 3.10. The van der Waals surface area contributed by atoms with E-state index in [2.05, 4.69) is 21.1 Å². The Kier molecular flexibility index (Phi) is 6.31. The second-order valence-corrected chi connectivity index (χ2v) is 8.75. The SMILES string of the molecule is COc1ccc(S(=O)(=O)NC[C@H](c2ccsc2)N2CCOCC2)cc1C. The number of nitrogens with one attached hydrogen (secondary N) is 1. The highest BCUT2D eigenvalue weighted by atomic mass is 32.2. The molecule has 8 heteroatoms. The molecule has 0 bridgehead atoms. The summed E-state index contributed by atoms with van der Waals surface area (Å²) in [7, 11) is -2.02. The monoisotopic (exact) mass is 396 g/mol. The third-order valence-electron chi connectivity index (χ3n) is 4.56. The van der Waals surface area contributed by atoms with Crippen LogP contribution < -0.4 is 9.46 Å². The molecule has 0 aliphatic carbocycles. The summed E-state index contributed by atoms with van der Waals surface area (Å²) in [6.45, 7) is 5.09. The zero-order valence-electron chi connectivity index (χ0n) is 15.0. The molecule has 142 valence electrons. The molecule has 3 rings (SSSR count). The van der Waals surface area contributed by atoms with Gasteiger partial charge < -0.3 is 9.47 Å². The van der Waals surface area contributed by atoms with Crippen molar-refractivity contribution in [1.29, 1.82) is 0 Å². The number of sulfonamides is 1. The molecule has 0 unspecified atom stereocenters. The summed E-state index contributed by atoms with van der Waals surface area (Å²) < 4.78 is 38.9. The van der Waals surface area contributed by atoms with Crippen molar-refractivity contribution in [2.75, 3.05) is 40.0 Å². The normalized spacial score (nSPS) is 17.2. The molecular formula is C18H24N2O4S2. The van der Waals surface area contributed by atoms with Gasteiger partial charge in [-0.15, -0.1) is 0 Å². The molecule has 26 heavy (non-hydrogen) atoms. The standard InChI is InChI=1S/C18H24N2O4S2/c1-14-11-16(3-4-18(14)23-2)26(21,22)19-12-17(15-5-10-25-13-15)20-6-8-24-9-7-20/h3-5,10-11,13,17,19H,6-9,12H2,1-2H3/t17-/m1/s1. The van der Waals surface area contributed by atoms with E-state index in [9.17, 15) is 8.42 Å². The zero-order chi connectivity index (χ0) is 18.6. The molecule has 1 atom stereocenters. The number of hydrogen-bond donors (Lipinski definition) is 1. The summed E-state index contributed by atoms with van der Waals surface area (Å²) in [5.74, 6) is 0.674. The van der Waals surface area contributed by atoms with Crippen LogP contribution in [0.5, 0.6) is 5.75 Å². The molecule has 1 N–H and O–H groups in total. The Morgan fingerprint density at radius 2 is 2.08 bits per heavy atom. The first-order chi connectivity index (χ1) is 12.5. The first-order valence-corrected chi connectivity index (χ1v) is 10.9. The largest absolute Gasteiger partial charge is 0.496 e. The second kappa shape index (κ2) is 8.49. The average Bonchev–Trinajstić information content (AvgIpc) is 3.17.